The van der Waals surface area contributed by atoms with E-state index in [0.717, 1.165) is 42.7 Å². The van der Waals surface area contributed by atoms with Gasteiger partial charge in [0, 0.05) is 12.1 Å². The van der Waals surface area contributed by atoms with Crippen molar-refractivity contribution < 1.29 is 14.2 Å². The minimum Gasteiger partial charge on any atom is -0.497 e. The maximum Gasteiger partial charge on any atom is 0.126 e. The molecule has 1 aliphatic rings. The van der Waals surface area contributed by atoms with Gasteiger partial charge in [-0.3, -0.25) is 0 Å². The van der Waals surface area contributed by atoms with Crippen molar-refractivity contribution in [2.75, 3.05) is 13.7 Å². The molecule has 0 aromatic heterocycles. The predicted octanol–water partition coefficient (Wildman–Crippen LogP) is 2.92. The molecule has 0 amide bonds. The number of rotatable bonds is 7. The summed E-state index contributed by atoms with van der Waals surface area (Å²) in [6, 6.07) is 6.10. The van der Waals surface area contributed by atoms with Crippen LogP contribution in [0, 0.1) is 0 Å². The zero-order valence-electron chi connectivity index (χ0n) is 13.3. The topological polar surface area (TPSA) is 53.7 Å². The Kier molecular flexibility index (Phi) is 5.88. The molecule has 0 saturated carbocycles. The quantitative estimate of drug-likeness (QED) is 0.840. The molecule has 2 N–H and O–H groups in total. The molecule has 1 saturated heterocycles. The zero-order chi connectivity index (χ0) is 15.2. The van der Waals surface area contributed by atoms with Crippen molar-refractivity contribution in [3.8, 4) is 11.5 Å². The van der Waals surface area contributed by atoms with E-state index < -0.39 is 0 Å². The van der Waals surface area contributed by atoms with E-state index in [-0.39, 0.29) is 12.1 Å². The van der Waals surface area contributed by atoms with E-state index in [2.05, 4.69) is 13.8 Å². The second-order valence-electron chi connectivity index (χ2n) is 5.80. The Hall–Kier alpha value is -1.26. The fraction of sp³-hybridized carbons (Fsp3) is 0.647. The third-order valence-electron chi connectivity index (χ3n) is 4.03. The van der Waals surface area contributed by atoms with Crippen molar-refractivity contribution in [1.29, 1.82) is 0 Å². The molecule has 1 heterocycles. The molecule has 1 aromatic carbocycles. The highest BCUT2D eigenvalue weighted by Gasteiger charge is 2.22. The van der Waals surface area contributed by atoms with Gasteiger partial charge in [-0.15, -0.1) is 0 Å². The van der Waals surface area contributed by atoms with Crippen LogP contribution in [0.3, 0.4) is 0 Å². The summed E-state index contributed by atoms with van der Waals surface area (Å²) in [6.07, 6.45) is 4.48. The van der Waals surface area contributed by atoms with E-state index in [9.17, 15) is 0 Å². The highest BCUT2D eigenvalue weighted by atomic mass is 16.5. The lowest BCUT2D eigenvalue weighted by Gasteiger charge is -2.18. The lowest BCUT2D eigenvalue weighted by Crippen LogP contribution is -2.23. The molecule has 3 atom stereocenters. The van der Waals surface area contributed by atoms with Crippen LogP contribution in [0.5, 0.6) is 11.5 Å². The van der Waals surface area contributed by atoms with Gasteiger partial charge >= 0.3 is 0 Å². The van der Waals surface area contributed by atoms with Crippen LogP contribution in [0.25, 0.3) is 0 Å². The Balaban J connectivity index is 2.03. The van der Waals surface area contributed by atoms with E-state index in [1.54, 1.807) is 7.11 Å². The van der Waals surface area contributed by atoms with Crippen LogP contribution in [0.4, 0.5) is 0 Å². The number of methoxy groups -OCH3 is 1. The first kappa shape index (κ1) is 16.1. The van der Waals surface area contributed by atoms with E-state index in [1.807, 2.05) is 18.2 Å². The molecule has 0 radical (unpaired) electrons. The SMILES string of the molecule is CCC(N)Cc1ccc(OC)cc1OCC1CCC(C)O1. The molecule has 4 heteroatoms. The molecule has 1 aliphatic heterocycles. The first-order valence-electron chi connectivity index (χ1n) is 7.83. The standard InChI is InChI=1S/C17H27NO3/c1-4-14(18)9-13-6-8-15(19-3)10-17(13)20-11-16-7-5-12(2)21-16/h6,8,10,12,14,16H,4-5,7,9,11,18H2,1-3H3. The molecule has 2 rings (SSSR count). The highest BCUT2D eigenvalue weighted by Crippen LogP contribution is 2.27. The van der Waals surface area contributed by atoms with Gasteiger partial charge in [0.2, 0.25) is 0 Å². The summed E-state index contributed by atoms with van der Waals surface area (Å²) in [5.74, 6) is 1.67. The maximum atomic E-state index is 6.07. The van der Waals surface area contributed by atoms with Crippen LogP contribution >= 0.6 is 0 Å². The Morgan fingerprint density at radius 1 is 1.38 bits per heavy atom. The van der Waals surface area contributed by atoms with Crippen LogP contribution < -0.4 is 15.2 Å². The van der Waals surface area contributed by atoms with Crippen LogP contribution in [-0.4, -0.2) is 32.0 Å². The van der Waals surface area contributed by atoms with Crippen LogP contribution in [0.1, 0.15) is 38.7 Å². The van der Waals surface area contributed by atoms with Crippen LogP contribution in [-0.2, 0) is 11.2 Å². The lowest BCUT2D eigenvalue weighted by molar-refractivity contribution is 0.0262. The summed E-state index contributed by atoms with van der Waals surface area (Å²) in [5.41, 5.74) is 7.20. The number of ether oxygens (including phenoxy) is 3. The van der Waals surface area contributed by atoms with Gasteiger partial charge in [-0.05, 0) is 44.2 Å². The summed E-state index contributed by atoms with van der Waals surface area (Å²) in [5, 5.41) is 0. The molecule has 1 aromatic rings. The van der Waals surface area contributed by atoms with Gasteiger partial charge in [-0.1, -0.05) is 13.0 Å². The van der Waals surface area contributed by atoms with E-state index >= 15 is 0 Å². The average Bonchev–Trinajstić information content (AvgIpc) is 2.91. The number of hydrogen-bond acceptors (Lipinski definition) is 4. The fourth-order valence-electron chi connectivity index (χ4n) is 2.58. The molecule has 0 spiro atoms. The molecule has 4 nitrogen and oxygen atoms in total. The zero-order valence-corrected chi connectivity index (χ0v) is 13.3. The Labute approximate surface area is 127 Å². The Morgan fingerprint density at radius 2 is 2.19 bits per heavy atom. The number of hydrogen-bond donors (Lipinski definition) is 1. The van der Waals surface area contributed by atoms with Gasteiger partial charge in [-0.2, -0.15) is 0 Å². The average molecular weight is 293 g/mol. The fourth-order valence-corrected chi connectivity index (χ4v) is 2.58. The van der Waals surface area contributed by atoms with E-state index in [0.29, 0.717) is 12.7 Å². The summed E-state index contributed by atoms with van der Waals surface area (Å²) >= 11 is 0. The van der Waals surface area contributed by atoms with Gasteiger partial charge in [-0.25, -0.2) is 0 Å². The first-order chi connectivity index (χ1) is 10.1. The summed E-state index contributed by atoms with van der Waals surface area (Å²) in [4.78, 5) is 0. The third-order valence-corrected chi connectivity index (χ3v) is 4.03. The van der Waals surface area contributed by atoms with Crippen LogP contribution in [0.2, 0.25) is 0 Å². The monoisotopic (exact) mass is 293 g/mol. The van der Waals surface area contributed by atoms with E-state index in [4.69, 9.17) is 19.9 Å². The highest BCUT2D eigenvalue weighted by molar-refractivity contribution is 5.41. The van der Waals surface area contributed by atoms with Gasteiger partial charge in [0.1, 0.15) is 18.1 Å². The minimum absolute atomic E-state index is 0.156. The van der Waals surface area contributed by atoms with Crippen molar-refractivity contribution in [3.63, 3.8) is 0 Å². The van der Waals surface area contributed by atoms with Gasteiger partial charge in [0.15, 0.2) is 0 Å². The smallest absolute Gasteiger partial charge is 0.126 e. The molecule has 1 fully saturated rings. The van der Waals surface area contributed by atoms with Gasteiger partial charge in [0.25, 0.3) is 0 Å². The van der Waals surface area contributed by atoms with Crippen molar-refractivity contribution in [2.24, 2.45) is 5.73 Å². The first-order valence-corrected chi connectivity index (χ1v) is 7.83. The van der Waals surface area contributed by atoms with Crippen molar-refractivity contribution in [2.45, 2.75) is 57.8 Å². The largest absolute Gasteiger partial charge is 0.497 e. The molecular formula is C17H27NO3. The predicted molar refractivity (Wildman–Crippen MR) is 84.0 cm³/mol. The maximum absolute atomic E-state index is 6.07. The third kappa shape index (κ3) is 4.61. The summed E-state index contributed by atoms with van der Waals surface area (Å²) in [6.45, 7) is 4.80. The lowest BCUT2D eigenvalue weighted by atomic mass is 10.0. The number of nitrogens with two attached hydrogens (primary N) is 1. The van der Waals surface area contributed by atoms with Crippen molar-refractivity contribution in [3.05, 3.63) is 23.8 Å². The second kappa shape index (κ2) is 7.66. The minimum atomic E-state index is 0.156. The molecule has 3 unspecified atom stereocenters. The second-order valence-corrected chi connectivity index (χ2v) is 5.80. The summed E-state index contributed by atoms with van der Waals surface area (Å²) in [7, 11) is 1.67. The Bertz CT molecular complexity index is 450. The van der Waals surface area contributed by atoms with Crippen molar-refractivity contribution >= 4 is 0 Å². The Morgan fingerprint density at radius 3 is 2.81 bits per heavy atom. The number of benzene rings is 1. The van der Waals surface area contributed by atoms with Crippen LogP contribution in [0.15, 0.2) is 18.2 Å². The molecule has 21 heavy (non-hydrogen) atoms. The van der Waals surface area contributed by atoms with E-state index in [1.165, 1.54) is 0 Å². The molecular weight excluding hydrogens is 266 g/mol. The van der Waals surface area contributed by atoms with Gasteiger partial charge in [0.05, 0.1) is 19.3 Å². The van der Waals surface area contributed by atoms with Gasteiger partial charge < -0.3 is 19.9 Å². The summed E-state index contributed by atoms with van der Waals surface area (Å²) < 4.78 is 17.1. The molecule has 0 bridgehead atoms. The van der Waals surface area contributed by atoms with Crippen molar-refractivity contribution in [1.82, 2.24) is 0 Å². The molecule has 0 aliphatic carbocycles. The normalized spacial score (nSPS) is 23.0. The molecule has 118 valence electrons.